The largest absolute Gasteiger partial charge is 0.342 e. The van der Waals surface area contributed by atoms with Gasteiger partial charge in [-0.15, -0.1) is 0 Å². The zero-order valence-electron chi connectivity index (χ0n) is 12.3. The van der Waals surface area contributed by atoms with Crippen LogP contribution >= 0.6 is 0 Å². The van der Waals surface area contributed by atoms with Crippen LogP contribution in [0.1, 0.15) is 32.8 Å². The molecule has 2 unspecified atom stereocenters. The summed E-state index contributed by atoms with van der Waals surface area (Å²) in [4.78, 5) is 26.1. The number of rotatable bonds is 4. The van der Waals surface area contributed by atoms with Crippen molar-refractivity contribution in [3.05, 3.63) is 29.8 Å². The summed E-state index contributed by atoms with van der Waals surface area (Å²) in [6.07, 6.45) is 1.77. The van der Waals surface area contributed by atoms with Gasteiger partial charge in [0.05, 0.1) is 0 Å². The number of anilines is 1. The van der Waals surface area contributed by atoms with Crippen LogP contribution < -0.4 is 10.2 Å². The van der Waals surface area contributed by atoms with Crippen LogP contribution in [0.5, 0.6) is 0 Å². The Bertz CT molecular complexity index is 513. The molecule has 1 saturated heterocycles. The molecule has 1 aromatic carbocycles. The van der Waals surface area contributed by atoms with Crippen LogP contribution in [0.15, 0.2) is 24.3 Å². The van der Waals surface area contributed by atoms with E-state index in [4.69, 9.17) is 0 Å². The van der Waals surface area contributed by atoms with Gasteiger partial charge in [0.15, 0.2) is 0 Å². The minimum absolute atomic E-state index is 0.00722. The Kier molecular flexibility index (Phi) is 4.42. The van der Waals surface area contributed by atoms with Crippen LogP contribution in [-0.4, -0.2) is 24.4 Å². The van der Waals surface area contributed by atoms with Gasteiger partial charge in [-0.3, -0.25) is 9.59 Å². The van der Waals surface area contributed by atoms with Gasteiger partial charge >= 0.3 is 0 Å². The molecule has 1 aliphatic heterocycles. The zero-order valence-corrected chi connectivity index (χ0v) is 12.3. The summed E-state index contributed by atoms with van der Waals surface area (Å²) in [5.41, 5.74) is 1.99. The molecule has 4 heteroatoms. The van der Waals surface area contributed by atoms with Crippen LogP contribution in [0.2, 0.25) is 0 Å². The van der Waals surface area contributed by atoms with Crippen molar-refractivity contribution in [2.75, 3.05) is 11.4 Å². The van der Waals surface area contributed by atoms with Gasteiger partial charge in [-0.2, -0.15) is 0 Å². The maximum absolute atomic E-state index is 12.6. The Labute approximate surface area is 120 Å². The lowest BCUT2D eigenvalue weighted by molar-refractivity contribution is -0.132. The van der Waals surface area contributed by atoms with Crippen LogP contribution in [0.4, 0.5) is 5.69 Å². The standard InChI is InChI=1S/C16H22N2O2/c1-4-11(3)15-16(20)18(10-14(19)17-15)13-8-6-7-12(5-2)9-13/h6-9,11,15H,4-5,10H2,1-3H3,(H,17,19). The summed E-state index contributed by atoms with van der Waals surface area (Å²) < 4.78 is 0. The van der Waals surface area contributed by atoms with Crippen molar-refractivity contribution in [2.24, 2.45) is 5.92 Å². The molecular weight excluding hydrogens is 252 g/mol. The van der Waals surface area contributed by atoms with Crippen molar-refractivity contribution in [3.63, 3.8) is 0 Å². The lowest BCUT2D eigenvalue weighted by Crippen LogP contribution is -2.60. The number of carbonyl (C=O) groups is 2. The quantitative estimate of drug-likeness (QED) is 0.914. The molecule has 2 amide bonds. The van der Waals surface area contributed by atoms with Gasteiger partial charge in [0.1, 0.15) is 12.6 Å². The topological polar surface area (TPSA) is 49.4 Å². The molecule has 0 bridgehead atoms. The summed E-state index contributed by atoms with van der Waals surface area (Å²) in [7, 11) is 0. The second kappa shape index (κ2) is 6.07. The van der Waals surface area contributed by atoms with Gasteiger partial charge < -0.3 is 10.2 Å². The molecule has 0 aromatic heterocycles. The minimum atomic E-state index is -0.411. The van der Waals surface area contributed by atoms with Gasteiger partial charge in [0, 0.05) is 5.69 Å². The summed E-state index contributed by atoms with van der Waals surface area (Å²) in [5, 5.41) is 2.82. The van der Waals surface area contributed by atoms with Crippen molar-refractivity contribution >= 4 is 17.5 Å². The van der Waals surface area contributed by atoms with E-state index in [-0.39, 0.29) is 24.3 Å². The van der Waals surface area contributed by atoms with Crippen molar-refractivity contribution in [3.8, 4) is 0 Å². The Balaban J connectivity index is 2.29. The van der Waals surface area contributed by atoms with E-state index in [9.17, 15) is 9.59 Å². The number of aryl methyl sites for hydroxylation is 1. The van der Waals surface area contributed by atoms with E-state index in [0.29, 0.717) is 0 Å². The van der Waals surface area contributed by atoms with E-state index in [2.05, 4.69) is 12.2 Å². The van der Waals surface area contributed by atoms with Gasteiger partial charge in [-0.25, -0.2) is 0 Å². The van der Waals surface area contributed by atoms with Crippen LogP contribution in [0.3, 0.4) is 0 Å². The molecule has 1 fully saturated rings. The maximum Gasteiger partial charge on any atom is 0.250 e. The number of hydrogen-bond acceptors (Lipinski definition) is 2. The number of benzene rings is 1. The van der Waals surface area contributed by atoms with Gasteiger partial charge in [-0.05, 0) is 30.0 Å². The second-order valence-electron chi connectivity index (χ2n) is 5.38. The van der Waals surface area contributed by atoms with E-state index < -0.39 is 6.04 Å². The van der Waals surface area contributed by atoms with Gasteiger partial charge in [0.2, 0.25) is 11.8 Å². The molecule has 108 valence electrons. The molecule has 1 N–H and O–H groups in total. The first kappa shape index (κ1) is 14.6. The molecular formula is C16H22N2O2. The highest BCUT2D eigenvalue weighted by atomic mass is 16.2. The number of nitrogens with zero attached hydrogens (tertiary/aromatic N) is 1. The third-order valence-electron chi connectivity index (χ3n) is 3.99. The van der Waals surface area contributed by atoms with Crippen LogP contribution in [0, 0.1) is 5.92 Å². The molecule has 0 radical (unpaired) electrons. The first-order valence-electron chi connectivity index (χ1n) is 7.26. The third-order valence-corrected chi connectivity index (χ3v) is 3.99. The summed E-state index contributed by atoms with van der Waals surface area (Å²) in [6.45, 7) is 6.21. The number of nitrogens with one attached hydrogen (secondary N) is 1. The first-order valence-corrected chi connectivity index (χ1v) is 7.26. The SMILES string of the molecule is CCc1cccc(N2CC(=O)NC(C(C)CC)C2=O)c1. The lowest BCUT2D eigenvalue weighted by Gasteiger charge is -2.35. The van der Waals surface area contributed by atoms with E-state index in [1.807, 2.05) is 38.1 Å². The first-order chi connectivity index (χ1) is 9.56. The Morgan fingerprint density at radius 3 is 2.75 bits per heavy atom. The molecule has 1 aromatic rings. The zero-order chi connectivity index (χ0) is 14.7. The summed E-state index contributed by atoms with van der Waals surface area (Å²) >= 11 is 0. The predicted molar refractivity (Wildman–Crippen MR) is 79.6 cm³/mol. The molecule has 0 spiro atoms. The highest BCUT2D eigenvalue weighted by Gasteiger charge is 2.36. The molecule has 4 nitrogen and oxygen atoms in total. The lowest BCUT2D eigenvalue weighted by atomic mass is 9.96. The minimum Gasteiger partial charge on any atom is -0.342 e. The number of piperazine rings is 1. The fourth-order valence-electron chi connectivity index (χ4n) is 2.45. The van der Waals surface area contributed by atoms with Crippen molar-refractivity contribution in [1.29, 1.82) is 0 Å². The van der Waals surface area contributed by atoms with Crippen molar-refractivity contribution < 1.29 is 9.59 Å². The second-order valence-corrected chi connectivity index (χ2v) is 5.38. The molecule has 1 aliphatic rings. The normalized spacial score (nSPS) is 20.8. The maximum atomic E-state index is 12.6. The average Bonchev–Trinajstić information content (AvgIpc) is 2.48. The summed E-state index contributed by atoms with van der Waals surface area (Å²) in [5.74, 6) is 0.0487. The van der Waals surface area contributed by atoms with E-state index >= 15 is 0 Å². The highest BCUT2D eigenvalue weighted by molar-refractivity contribution is 6.06. The third kappa shape index (κ3) is 2.84. The van der Waals surface area contributed by atoms with E-state index in [1.165, 1.54) is 5.56 Å². The number of hydrogen-bond donors (Lipinski definition) is 1. The average molecular weight is 274 g/mol. The molecule has 0 aliphatic carbocycles. The Hall–Kier alpha value is -1.84. The number of amides is 2. The van der Waals surface area contributed by atoms with Crippen molar-refractivity contribution in [1.82, 2.24) is 5.32 Å². The Morgan fingerprint density at radius 1 is 1.35 bits per heavy atom. The van der Waals surface area contributed by atoms with E-state index in [1.54, 1.807) is 4.90 Å². The van der Waals surface area contributed by atoms with Gasteiger partial charge in [0.25, 0.3) is 0 Å². The number of carbonyl (C=O) groups excluding carboxylic acids is 2. The molecule has 20 heavy (non-hydrogen) atoms. The monoisotopic (exact) mass is 274 g/mol. The molecule has 0 saturated carbocycles. The fourth-order valence-corrected chi connectivity index (χ4v) is 2.45. The summed E-state index contributed by atoms with van der Waals surface area (Å²) in [6, 6.07) is 7.44. The smallest absolute Gasteiger partial charge is 0.250 e. The molecule has 1 heterocycles. The molecule has 2 rings (SSSR count). The highest BCUT2D eigenvalue weighted by Crippen LogP contribution is 2.22. The van der Waals surface area contributed by atoms with E-state index in [0.717, 1.165) is 18.5 Å². The molecule has 2 atom stereocenters. The van der Waals surface area contributed by atoms with Crippen LogP contribution in [0.25, 0.3) is 0 Å². The van der Waals surface area contributed by atoms with Crippen molar-refractivity contribution in [2.45, 2.75) is 39.7 Å². The van der Waals surface area contributed by atoms with Crippen LogP contribution in [-0.2, 0) is 16.0 Å². The Morgan fingerprint density at radius 2 is 2.10 bits per heavy atom. The fraction of sp³-hybridized carbons (Fsp3) is 0.500. The van der Waals surface area contributed by atoms with Gasteiger partial charge in [-0.1, -0.05) is 39.3 Å². The predicted octanol–water partition coefficient (Wildman–Crippen LogP) is 2.13.